The topological polar surface area (TPSA) is 68.4 Å². The number of amides is 1. The van der Waals surface area contributed by atoms with Crippen molar-refractivity contribution in [2.75, 3.05) is 20.1 Å². The van der Waals surface area contributed by atoms with Gasteiger partial charge >= 0.3 is 6.09 Å². The van der Waals surface area contributed by atoms with Crippen LogP contribution in [0.25, 0.3) is 0 Å². The SMILES string of the molecule is CN(C(=O)OC(C)(C)C)C1CCN(Cn2nnn(C(C)(C)C)c2=S)CC1. The third kappa shape index (κ3) is 5.26. The van der Waals surface area contributed by atoms with Crippen molar-refractivity contribution in [3.8, 4) is 0 Å². The number of rotatable bonds is 3. The van der Waals surface area contributed by atoms with Gasteiger partial charge in [-0.3, -0.25) is 4.90 Å². The molecule has 0 spiro atoms. The van der Waals surface area contributed by atoms with E-state index in [4.69, 9.17) is 17.0 Å². The molecular formula is C17H32N6O2S. The van der Waals surface area contributed by atoms with Crippen LogP contribution in [0.5, 0.6) is 0 Å². The van der Waals surface area contributed by atoms with Gasteiger partial charge in [-0.2, -0.15) is 0 Å². The summed E-state index contributed by atoms with van der Waals surface area (Å²) in [5.74, 6) is 0. The number of piperidine rings is 1. The monoisotopic (exact) mass is 384 g/mol. The molecule has 0 atom stereocenters. The first-order valence-corrected chi connectivity index (χ1v) is 9.51. The maximum absolute atomic E-state index is 12.2. The Morgan fingerprint density at radius 3 is 2.23 bits per heavy atom. The predicted octanol–water partition coefficient (Wildman–Crippen LogP) is 2.85. The second kappa shape index (κ2) is 7.64. The Labute approximate surface area is 161 Å². The number of carbonyl (C=O) groups excluding carboxylic acids is 1. The lowest BCUT2D eigenvalue weighted by molar-refractivity contribution is 0.0134. The zero-order valence-electron chi connectivity index (χ0n) is 17.0. The molecule has 1 aliphatic rings. The molecule has 1 aromatic heterocycles. The molecule has 1 aliphatic heterocycles. The Kier molecular flexibility index (Phi) is 6.12. The molecular weight excluding hydrogens is 352 g/mol. The minimum Gasteiger partial charge on any atom is -0.444 e. The first-order valence-electron chi connectivity index (χ1n) is 9.10. The Hall–Kier alpha value is -1.48. The Balaban J connectivity index is 1.90. The second-order valence-corrected chi connectivity index (χ2v) is 9.29. The molecule has 1 fully saturated rings. The van der Waals surface area contributed by atoms with E-state index in [1.54, 1.807) is 14.3 Å². The number of likely N-dealkylation sites (tertiary alicyclic amines) is 1. The van der Waals surface area contributed by atoms with E-state index in [0.717, 1.165) is 25.9 Å². The zero-order chi connectivity index (χ0) is 19.7. The molecule has 1 saturated heterocycles. The third-order valence-corrected chi connectivity index (χ3v) is 4.78. The zero-order valence-corrected chi connectivity index (χ0v) is 17.8. The molecule has 9 heteroatoms. The molecule has 1 amide bonds. The summed E-state index contributed by atoms with van der Waals surface area (Å²) in [5, 5.41) is 8.38. The average molecular weight is 385 g/mol. The number of tetrazole rings is 1. The van der Waals surface area contributed by atoms with E-state index in [9.17, 15) is 4.79 Å². The fourth-order valence-electron chi connectivity index (χ4n) is 2.90. The first kappa shape index (κ1) is 20.8. The van der Waals surface area contributed by atoms with E-state index in [1.807, 2.05) is 27.8 Å². The van der Waals surface area contributed by atoms with Gasteiger partial charge in [0.05, 0.1) is 12.2 Å². The summed E-state index contributed by atoms with van der Waals surface area (Å²) in [4.78, 5) is 16.2. The van der Waals surface area contributed by atoms with Crippen molar-refractivity contribution < 1.29 is 9.53 Å². The fourth-order valence-corrected chi connectivity index (χ4v) is 3.31. The summed E-state index contributed by atoms with van der Waals surface area (Å²) in [6.45, 7) is 14.2. The normalized spacial score (nSPS) is 17.3. The molecule has 0 bridgehead atoms. The van der Waals surface area contributed by atoms with Gasteiger partial charge in [-0.05, 0) is 77.0 Å². The summed E-state index contributed by atoms with van der Waals surface area (Å²) in [6, 6.07) is 0.194. The van der Waals surface area contributed by atoms with E-state index in [0.29, 0.717) is 11.4 Å². The van der Waals surface area contributed by atoms with Gasteiger partial charge in [0, 0.05) is 26.2 Å². The number of aromatic nitrogens is 4. The van der Waals surface area contributed by atoms with Gasteiger partial charge in [0.1, 0.15) is 5.60 Å². The molecule has 2 rings (SSSR count). The summed E-state index contributed by atoms with van der Waals surface area (Å²) >= 11 is 5.50. The van der Waals surface area contributed by atoms with E-state index in [-0.39, 0.29) is 17.7 Å². The van der Waals surface area contributed by atoms with Gasteiger partial charge in [-0.25, -0.2) is 14.2 Å². The van der Waals surface area contributed by atoms with E-state index >= 15 is 0 Å². The highest BCUT2D eigenvalue weighted by Crippen LogP contribution is 2.19. The molecule has 26 heavy (non-hydrogen) atoms. The lowest BCUT2D eigenvalue weighted by Gasteiger charge is -2.37. The lowest BCUT2D eigenvalue weighted by atomic mass is 10.0. The quantitative estimate of drug-likeness (QED) is 0.747. The van der Waals surface area contributed by atoms with E-state index < -0.39 is 5.60 Å². The number of hydrogen-bond acceptors (Lipinski definition) is 6. The Bertz CT molecular complexity index is 677. The summed E-state index contributed by atoms with van der Waals surface area (Å²) < 4.78 is 9.62. The Morgan fingerprint density at radius 1 is 1.19 bits per heavy atom. The van der Waals surface area contributed by atoms with Crippen molar-refractivity contribution in [2.45, 2.75) is 78.2 Å². The van der Waals surface area contributed by atoms with Crippen LogP contribution in [0.3, 0.4) is 0 Å². The van der Waals surface area contributed by atoms with Crippen LogP contribution in [0.4, 0.5) is 4.79 Å². The number of nitrogens with zero attached hydrogens (tertiary/aromatic N) is 6. The summed E-state index contributed by atoms with van der Waals surface area (Å²) in [5.41, 5.74) is -0.653. The third-order valence-electron chi connectivity index (χ3n) is 4.40. The van der Waals surface area contributed by atoms with Crippen molar-refractivity contribution in [3.63, 3.8) is 0 Å². The van der Waals surface area contributed by atoms with Gasteiger partial charge in [0.2, 0.25) is 4.77 Å². The van der Waals surface area contributed by atoms with Crippen molar-refractivity contribution in [1.82, 2.24) is 29.6 Å². The number of ether oxygens (including phenoxy) is 1. The van der Waals surface area contributed by atoms with Crippen LogP contribution in [0, 0.1) is 4.77 Å². The second-order valence-electron chi connectivity index (χ2n) is 8.93. The van der Waals surface area contributed by atoms with Crippen LogP contribution in [-0.2, 0) is 16.9 Å². The molecule has 2 heterocycles. The van der Waals surface area contributed by atoms with Crippen molar-refractivity contribution in [2.24, 2.45) is 0 Å². The summed E-state index contributed by atoms with van der Waals surface area (Å²) in [6.07, 6.45) is 1.54. The van der Waals surface area contributed by atoms with Crippen LogP contribution < -0.4 is 0 Å². The fraction of sp³-hybridized carbons (Fsp3) is 0.882. The molecule has 8 nitrogen and oxygen atoms in total. The molecule has 0 unspecified atom stereocenters. The minimum absolute atomic E-state index is 0.182. The molecule has 0 aliphatic carbocycles. The van der Waals surface area contributed by atoms with E-state index in [1.165, 1.54) is 0 Å². The van der Waals surface area contributed by atoms with Crippen molar-refractivity contribution >= 4 is 18.3 Å². The van der Waals surface area contributed by atoms with Gasteiger partial charge in [0.25, 0.3) is 0 Å². The summed E-state index contributed by atoms with van der Waals surface area (Å²) in [7, 11) is 1.82. The van der Waals surface area contributed by atoms with Crippen LogP contribution in [-0.4, -0.2) is 67.5 Å². The van der Waals surface area contributed by atoms with Gasteiger partial charge in [-0.1, -0.05) is 0 Å². The van der Waals surface area contributed by atoms with Crippen molar-refractivity contribution in [1.29, 1.82) is 0 Å². The standard InChI is InChI=1S/C17H32N6O2S/c1-16(2,3)23-14(26)22(18-19-23)12-21-10-8-13(9-11-21)20(7)15(24)25-17(4,5)6/h13H,8-12H2,1-7H3. The maximum Gasteiger partial charge on any atom is 0.410 e. The first-order chi connectivity index (χ1) is 11.9. The average Bonchev–Trinajstić information content (AvgIpc) is 2.86. The van der Waals surface area contributed by atoms with E-state index in [2.05, 4.69) is 36.1 Å². The van der Waals surface area contributed by atoms with Crippen LogP contribution in [0.2, 0.25) is 0 Å². The molecule has 0 radical (unpaired) electrons. The van der Waals surface area contributed by atoms with Crippen LogP contribution >= 0.6 is 12.2 Å². The highest BCUT2D eigenvalue weighted by atomic mass is 32.1. The number of hydrogen-bond donors (Lipinski definition) is 0. The van der Waals surface area contributed by atoms with Gasteiger partial charge in [0.15, 0.2) is 0 Å². The molecule has 1 aromatic rings. The molecule has 148 valence electrons. The largest absolute Gasteiger partial charge is 0.444 e. The smallest absolute Gasteiger partial charge is 0.410 e. The van der Waals surface area contributed by atoms with Gasteiger partial charge < -0.3 is 9.64 Å². The van der Waals surface area contributed by atoms with Gasteiger partial charge in [-0.15, -0.1) is 0 Å². The predicted molar refractivity (Wildman–Crippen MR) is 102 cm³/mol. The highest BCUT2D eigenvalue weighted by Gasteiger charge is 2.29. The lowest BCUT2D eigenvalue weighted by Crippen LogP contribution is -2.47. The molecule has 0 aromatic carbocycles. The number of carbonyl (C=O) groups is 1. The highest BCUT2D eigenvalue weighted by molar-refractivity contribution is 7.71. The van der Waals surface area contributed by atoms with Crippen LogP contribution in [0.1, 0.15) is 54.4 Å². The molecule has 0 saturated carbocycles. The molecule has 0 N–H and O–H groups in total. The Morgan fingerprint density at radius 2 is 1.77 bits per heavy atom. The van der Waals surface area contributed by atoms with Crippen molar-refractivity contribution in [3.05, 3.63) is 4.77 Å². The maximum atomic E-state index is 12.2. The minimum atomic E-state index is -0.471. The van der Waals surface area contributed by atoms with Crippen LogP contribution in [0.15, 0.2) is 0 Å².